The van der Waals surface area contributed by atoms with Gasteiger partial charge in [-0.15, -0.1) is 11.3 Å². The van der Waals surface area contributed by atoms with E-state index in [0.29, 0.717) is 16.7 Å². The van der Waals surface area contributed by atoms with Gasteiger partial charge in [0, 0.05) is 6.04 Å². The van der Waals surface area contributed by atoms with Gasteiger partial charge in [-0.05, 0) is 43.2 Å². The molecule has 1 aromatic heterocycles. The number of thiophene rings is 1. The molecule has 0 aromatic carbocycles. The number of thiocarbonyl (C=S) groups is 1. The number of hydrogen-bond donors (Lipinski definition) is 2. The SMILES string of the molecule is CC1CCC(NS(=O)(=O)c2ccc(C(N)=S)s2)CC1C. The smallest absolute Gasteiger partial charge is 0.250 e. The molecule has 7 heteroatoms. The minimum Gasteiger partial charge on any atom is -0.389 e. The highest BCUT2D eigenvalue weighted by molar-refractivity contribution is 7.91. The third-order valence-electron chi connectivity index (χ3n) is 4.01. The number of nitrogens with two attached hydrogens (primary N) is 1. The second-order valence-corrected chi connectivity index (χ2v) is 9.03. The summed E-state index contributed by atoms with van der Waals surface area (Å²) in [6.07, 6.45) is 2.86. The Morgan fingerprint density at radius 3 is 2.60 bits per heavy atom. The molecule has 1 fully saturated rings. The van der Waals surface area contributed by atoms with E-state index in [-0.39, 0.29) is 15.2 Å². The molecule has 20 heavy (non-hydrogen) atoms. The largest absolute Gasteiger partial charge is 0.389 e. The molecule has 4 nitrogen and oxygen atoms in total. The molecule has 0 saturated heterocycles. The van der Waals surface area contributed by atoms with Crippen molar-refractivity contribution in [3.8, 4) is 0 Å². The molecular formula is C13H20N2O2S3. The van der Waals surface area contributed by atoms with E-state index >= 15 is 0 Å². The van der Waals surface area contributed by atoms with Gasteiger partial charge in [0.1, 0.15) is 9.20 Å². The molecule has 0 spiro atoms. The second-order valence-electron chi connectivity index (χ2n) is 5.57. The molecule has 0 radical (unpaired) electrons. The Bertz CT molecular complexity index is 595. The van der Waals surface area contributed by atoms with Gasteiger partial charge in [-0.2, -0.15) is 0 Å². The Hall–Kier alpha value is -0.500. The molecule has 112 valence electrons. The van der Waals surface area contributed by atoms with Crippen molar-refractivity contribution in [1.82, 2.24) is 4.72 Å². The lowest BCUT2D eigenvalue weighted by Gasteiger charge is -2.32. The number of nitrogens with one attached hydrogen (secondary N) is 1. The Kier molecular flexibility index (Phi) is 4.84. The van der Waals surface area contributed by atoms with E-state index in [1.165, 1.54) is 0 Å². The van der Waals surface area contributed by atoms with Gasteiger partial charge >= 0.3 is 0 Å². The molecule has 0 amide bonds. The van der Waals surface area contributed by atoms with E-state index < -0.39 is 10.0 Å². The van der Waals surface area contributed by atoms with Crippen LogP contribution in [0.1, 0.15) is 38.0 Å². The maximum absolute atomic E-state index is 12.3. The molecular weight excluding hydrogens is 312 g/mol. The summed E-state index contributed by atoms with van der Waals surface area (Å²) in [6.45, 7) is 4.41. The fourth-order valence-corrected chi connectivity index (χ4v) is 5.18. The van der Waals surface area contributed by atoms with Crippen molar-refractivity contribution in [2.75, 3.05) is 0 Å². The first-order valence-corrected chi connectivity index (χ1v) is 9.42. The third-order valence-corrected chi connectivity index (χ3v) is 7.49. The van der Waals surface area contributed by atoms with Gasteiger partial charge in [0.2, 0.25) is 10.0 Å². The van der Waals surface area contributed by atoms with Crippen molar-refractivity contribution in [3.05, 3.63) is 17.0 Å². The maximum Gasteiger partial charge on any atom is 0.250 e. The molecule has 3 atom stereocenters. The first-order valence-electron chi connectivity index (χ1n) is 6.71. The molecule has 3 N–H and O–H groups in total. The Morgan fingerprint density at radius 1 is 1.35 bits per heavy atom. The van der Waals surface area contributed by atoms with E-state index in [1.807, 2.05) is 0 Å². The number of hydrogen-bond acceptors (Lipinski definition) is 4. The minimum absolute atomic E-state index is 0.0292. The summed E-state index contributed by atoms with van der Waals surface area (Å²) in [5, 5.41) is 0. The van der Waals surface area contributed by atoms with E-state index in [1.54, 1.807) is 12.1 Å². The van der Waals surface area contributed by atoms with Crippen molar-refractivity contribution < 1.29 is 8.42 Å². The van der Waals surface area contributed by atoms with Crippen LogP contribution < -0.4 is 10.5 Å². The molecule has 3 unspecified atom stereocenters. The summed E-state index contributed by atoms with van der Waals surface area (Å²) < 4.78 is 27.8. The quantitative estimate of drug-likeness (QED) is 0.831. The van der Waals surface area contributed by atoms with E-state index in [9.17, 15) is 8.42 Å². The van der Waals surface area contributed by atoms with Crippen LogP contribution in [0.25, 0.3) is 0 Å². The highest BCUT2D eigenvalue weighted by Crippen LogP contribution is 2.30. The molecule has 0 aliphatic heterocycles. The Balaban J connectivity index is 2.09. The first-order chi connectivity index (χ1) is 9.29. The Morgan fingerprint density at radius 2 is 2.05 bits per heavy atom. The molecule has 1 heterocycles. The van der Waals surface area contributed by atoms with Crippen molar-refractivity contribution in [2.24, 2.45) is 17.6 Å². The van der Waals surface area contributed by atoms with Crippen LogP contribution in [0.5, 0.6) is 0 Å². The molecule has 2 rings (SSSR count). The van der Waals surface area contributed by atoms with E-state index in [2.05, 4.69) is 18.6 Å². The lowest BCUT2D eigenvalue weighted by Crippen LogP contribution is -2.39. The molecule has 1 aliphatic carbocycles. The molecule has 1 aliphatic rings. The van der Waals surface area contributed by atoms with Gasteiger partial charge in [0.05, 0.1) is 4.88 Å². The van der Waals surface area contributed by atoms with Gasteiger partial charge in [-0.25, -0.2) is 13.1 Å². The monoisotopic (exact) mass is 332 g/mol. The van der Waals surface area contributed by atoms with Crippen LogP contribution >= 0.6 is 23.6 Å². The van der Waals surface area contributed by atoms with Gasteiger partial charge < -0.3 is 5.73 Å². The van der Waals surface area contributed by atoms with E-state index in [4.69, 9.17) is 18.0 Å². The fraction of sp³-hybridized carbons (Fsp3) is 0.615. The van der Waals surface area contributed by atoms with Gasteiger partial charge in [0.25, 0.3) is 0 Å². The average Bonchev–Trinajstić information content (AvgIpc) is 2.84. The average molecular weight is 333 g/mol. The second kappa shape index (κ2) is 6.09. The summed E-state index contributed by atoms with van der Waals surface area (Å²) in [4.78, 5) is 0.863. The van der Waals surface area contributed by atoms with Crippen molar-refractivity contribution in [3.63, 3.8) is 0 Å². The fourth-order valence-electron chi connectivity index (χ4n) is 2.53. The highest BCUT2D eigenvalue weighted by Gasteiger charge is 2.28. The zero-order valence-corrected chi connectivity index (χ0v) is 14.1. The lowest BCUT2D eigenvalue weighted by atomic mass is 9.79. The van der Waals surface area contributed by atoms with Gasteiger partial charge in [-0.3, -0.25) is 0 Å². The molecule has 1 saturated carbocycles. The third kappa shape index (κ3) is 3.58. The van der Waals surface area contributed by atoms with Crippen LogP contribution in [0.2, 0.25) is 0 Å². The summed E-state index contributed by atoms with van der Waals surface area (Å²) >= 11 is 5.98. The molecule has 1 aromatic rings. The van der Waals surface area contributed by atoms with Gasteiger partial charge in [-0.1, -0.05) is 26.1 Å². The van der Waals surface area contributed by atoms with Crippen LogP contribution in [0.4, 0.5) is 0 Å². The number of sulfonamides is 1. The van der Waals surface area contributed by atoms with Crippen LogP contribution in [-0.4, -0.2) is 19.4 Å². The summed E-state index contributed by atoms with van der Waals surface area (Å²) in [7, 11) is -3.46. The van der Waals surface area contributed by atoms with Gasteiger partial charge in [0.15, 0.2) is 0 Å². The summed E-state index contributed by atoms with van der Waals surface area (Å²) in [5.41, 5.74) is 5.51. The summed E-state index contributed by atoms with van der Waals surface area (Å²) in [5.74, 6) is 1.21. The van der Waals surface area contributed by atoms with Crippen LogP contribution in [0.3, 0.4) is 0 Å². The zero-order chi connectivity index (χ0) is 14.9. The van der Waals surface area contributed by atoms with E-state index in [0.717, 1.165) is 30.6 Å². The predicted octanol–water partition coefficient (Wildman–Crippen LogP) is 2.49. The zero-order valence-electron chi connectivity index (χ0n) is 11.6. The normalized spacial score (nSPS) is 27.4. The Labute approximate surface area is 129 Å². The lowest BCUT2D eigenvalue weighted by molar-refractivity contribution is 0.242. The first kappa shape index (κ1) is 15.9. The van der Waals surface area contributed by atoms with Crippen LogP contribution in [-0.2, 0) is 10.0 Å². The minimum atomic E-state index is -3.46. The predicted molar refractivity (Wildman–Crippen MR) is 86.5 cm³/mol. The van der Waals surface area contributed by atoms with Crippen molar-refractivity contribution in [1.29, 1.82) is 0 Å². The maximum atomic E-state index is 12.3. The highest BCUT2D eigenvalue weighted by atomic mass is 32.2. The van der Waals surface area contributed by atoms with Crippen molar-refractivity contribution >= 4 is 38.6 Å². The topological polar surface area (TPSA) is 72.2 Å². The van der Waals surface area contributed by atoms with Crippen molar-refractivity contribution in [2.45, 2.75) is 43.4 Å². The standard InChI is InChI=1S/C13H20N2O2S3/c1-8-3-4-10(7-9(8)2)15-20(16,17)12-6-5-11(19-12)13(14)18/h5-6,8-10,15H,3-4,7H2,1-2H3,(H2,14,18). The number of rotatable bonds is 4. The summed E-state index contributed by atoms with van der Waals surface area (Å²) in [6, 6.07) is 3.25. The molecule has 0 bridgehead atoms. The van der Waals surface area contributed by atoms with Crippen LogP contribution in [0, 0.1) is 11.8 Å². The van der Waals surface area contributed by atoms with Crippen LogP contribution in [0.15, 0.2) is 16.3 Å².